The van der Waals surface area contributed by atoms with Crippen LogP contribution in [-0.2, 0) is 16.6 Å². The molecular weight excluding hydrogens is 396 g/mol. The molecule has 3 aromatic rings. The van der Waals surface area contributed by atoms with Gasteiger partial charge in [0.25, 0.3) is 0 Å². The maximum Gasteiger partial charge on any atom is 0.242 e. The first-order valence-corrected chi connectivity index (χ1v) is 11.3. The number of benzene rings is 1. The first-order chi connectivity index (χ1) is 13.3. The highest BCUT2D eigenvalue weighted by Gasteiger charge is 2.29. The van der Waals surface area contributed by atoms with Crippen molar-refractivity contribution in [2.45, 2.75) is 46.1 Å². The Morgan fingerprint density at radius 1 is 1.14 bits per heavy atom. The molecule has 0 unspecified atom stereocenters. The monoisotopic (exact) mass is 420 g/mol. The van der Waals surface area contributed by atoms with E-state index in [0.29, 0.717) is 28.6 Å². The molecule has 3 rings (SSSR count). The van der Waals surface area contributed by atoms with E-state index in [1.54, 1.807) is 0 Å². The Morgan fingerprint density at radius 3 is 2.50 bits per heavy atom. The fourth-order valence-electron chi connectivity index (χ4n) is 3.09. The SMILES string of the molecule is CCOc1ccccc1CNS(=O)(=O)c1c(C)sc(C)c1-c1onc(C)c1C. The molecule has 2 heterocycles. The molecule has 0 radical (unpaired) electrons. The van der Waals surface area contributed by atoms with Crippen molar-refractivity contribution in [1.29, 1.82) is 0 Å². The van der Waals surface area contributed by atoms with Crippen LogP contribution in [0.4, 0.5) is 0 Å². The zero-order valence-corrected chi connectivity index (χ0v) is 18.3. The van der Waals surface area contributed by atoms with E-state index in [1.807, 2.05) is 58.9 Å². The van der Waals surface area contributed by atoms with Gasteiger partial charge in [0.15, 0.2) is 5.76 Å². The first-order valence-electron chi connectivity index (χ1n) is 8.99. The summed E-state index contributed by atoms with van der Waals surface area (Å²) in [4.78, 5) is 1.85. The number of thiophene rings is 1. The number of hydrogen-bond acceptors (Lipinski definition) is 6. The average Bonchev–Trinajstić information content (AvgIpc) is 3.13. The molecule has 0 bridgehead atoms. The maximum absolute atomic E-state index is 13.2. The second kappa shape index (κ2) is 8.06. The Bertz CT molecular complexity index is 1100. The Hall–Kier alpha value is -2.16. The summed E-state index contributed by atoms with van der Waals surface area (Å²) in [6.07, 6.45) is 0. The Morgan fingerprint density at radius 2 is 1.86 bits per heavy atom. The van der Waals surface area contributed by atoms with Gasteiger partial charge in [0.05, 0.1) is 17.9 Å². The highest BCUT2D eigenvalue weighted by molar-refractivity contribution is 7.89. The Kier molecular flexibility index (Phi) is 5.92. The van der Waals surface area contributed by atoms with Crippen LogP contribution >= 0.6 is 11.3 Å². The topological polar surface area (TPSA) is 81.4 Å². The maximum atomic E-state index is 13.2. The van der Waals surface area contributed by atoms with Gasteiger partial charge in [-0.25, -0.2) is 13.1 Å². The number of nitrogens with one attached hydrogen (secondary N) is 1. The fraction of sp³-hybridized carbons (Fsp3) is 0.350. The van der Waals surface area contributed by atoms with Gasteiger partial charge in [-0.1, -0.05) is 23.4 Å². The van der Waals surface area contributed by atoms with Crippen molar-refractivity contribution in [3.63, 3.8) is 0 Å². The van der Waals surface area contributed by atoms with E-state index in [1.165, 1.54) is 11.3 Å². The van der Waals surface area contributed by atoms with Crippen LogP contribution < -0.4 is 9.46 Å². The predicted molar refractivity (Wildman–Crippen MR) is 110 cm³/mol. The van der Waals surface area contributed by atoms with E-state index in [2.05, 4.69) is 9.88 Å². The standard InChI is InChI=1S/C20H24N2O4S2/c1-6-25-17-10-8-7-9-16(17)11-21-28(23,24)20-15(5)27-14(4)18(20)19-12(2)13(3)22-26-19/h7-10,21H,6,11H2,1-5H3. The van der Waals surface area contributed by atoms with Crippen LogP contribution in [0.2, 0.25) is 0 Å². The summed E-state index contributed by atoms with van der Waals surface area (Å²) in [5.41, 5.74) is 2.97. The molecule has 0 aliphatic rings. The lowest BCUT2D eigenvalue weighted by Crippen LogP contribution is -2.24. The summed E-state index contributed by atoms with van der Waals surface area (Å²) in [5, 5.41) is 3.99. The van der Waals surface area contributed by atoms with Crippen LogP contribution in [0.15, 0.2) is 33.7 Å². The third-order valence-corrected chi connectivity index (χ3v) is 7.31. The molecule has 0 atom stereocenters. The van der Waals surface area contributed by atoms with Crippen molar-refractivity contribution < 1.29 is 17.7 Å². The van der Waals surface area contributed by atoms with E-state index in [9.17, 15) is 8.42 Å². The van der Waals surface area contributed by atoms with Crippen LogP contribution in [0.3, 0.4) is 0 Å². The molecule has 0 amide bonds. The van der Waals surface area contributed by atoms with Gasteiger partial charge in [-0.2, -0.15) is 0 Å². The van der Waals surface area contributed by atoms with Crippen molar-refractivity contribution >= 4 is 21.4 Å². The Balaban J connectivity index is 1.98. The second-order valence-electron chi connectivity index (χ2n) is 6.51. The molecular formula is C20H24N2O4S2. The van der Waals surface area contributed by atoms with Gasteiger partial charge in [0.1, 0.15) is 10.6 Å². The average molecular weight is 421 g/mol. The minimum absolute atomic E-state index is 0.140. The predicted octanol–water partition coefficient (Wildman–Crippen LogP) is 4.51. The first kappa shape index (κ1) is 20.6. The molecule has 1 N–H and O–H groups in total. The highest BCUT2D eigenvalue weighted by atomic mass is 32.2. The van der Waals surface area contributed by atoms with E-state index in [-0.39, 0.29) is 11.4 Å². The molecule has 0 aliphatic carbocycles. The fourth-order valence-corrected chi connectivity index (χ4v) is 5.94. The van der Waals surface area contributed by atoms with Crippen LogP contribution in [0.25, 0.3) is 11.3 Å². The number of hydrogen-bond donors (Lipinski definition) is 1. The summed E-state index contributed by atoms with van der Waals surface area (Å²) in [5.74, 6) is 1.18. The minimum atomic E-state index is -3.77. The normalized spacial score (nSPS) is 11.8. The number of ether oxygens (including phenoxy) is 1. The molecule has 6 nitrogen and oxygen atoms in total. The lowest BCUT2D eigenvalue weighted by atomic mass is 10.1. The summed E-state index contributed by atoms with van der Waals surface area (Å²) in [7, 11) is -3.77. The smallest absolute Gasteiger partial charge is 0.242 e. The van der Waals surface area contributed by atoms with E-state index >= 15 is 0 Å². The van der Waals surface area contributed by atoms with Gasteiger partial charge in [-0.15, -0.1) is 11.3 Å². The number of para-hydroxylation sites is 1. The van der Waals surface area contributed by atoms with Crippen molar-refractivity contribution in [1.82, 2.24) is 9.88 Å². The largest absolute Gasteiger partial charge is 0.494 e. The van der Waals surface area contributed by atoms with E-state index in [4.69, 9.17) is 9.26 Å². The minimum Gasteiger partial charge on any atom is -0.494 e. The van der Waals surface area contributed by atoms with Gasteiger partial charge in [0.2, 0.25) is 10.0 Å². The number of aromatic nitrogens is 1. The number of aryl methyl sites for hydroxylation is 3. The van der Waals surface area contributed by atoms with Crippen molar-refractivity contribution in [3.05, 3.63) is 50.8 Å². The molecule has 0 aliphatic heterocycles. The number of sulfonamides is 1. The van der Waals surface area contributed by atoms with E-state index in [0.717, 1.165) is 21.7 Å². The molecule has 0 spiro atoms. The summed E-state index contributed by atoms with van der Waals surface area (Å²) < 4.78 is 40.2. The van der Waals surface area contributed by atoms with Crippen molar-refractivity contribution in [2.24, 2.45) is 0 Å². The summed E-state index contributed by atoms with van der Waals surface area (Å²) in [6, 6.07) is 7.41. The molecule has 0 fully saturated rings. The zero-order chi connectivity index (χ0) is 20.5. The second-order valence-corrected chi connectivity index (χ2v) is 9.64. The van der Waals surface area contributed by atoms with Gasteiger partial charge in [0, 0.05) is 27.4 Å². The van der Waals surface area contributed by atoms with Crippen LogP contribution in [0.1, 0.15) is 33.5 Å². The van der Waals surface area contributed by atoms with Crippen molar-refractivity contribution in [3.8, 4) is 17.1 Å². The lowest BCUT2D eigenvalue weighted by Gasteiger charge is -2.12. The number of nitrogens with zero attached hydrogens (tertiary/aromatic N) is 1. The van der Waals surface area contributed by atoms with Crippen LogP contribution in [0, 0.1) is 27.7 Å². The van der Waals surface area contributed by atoms with Gasteiger partial charge < -0.3 is 9.26 Å². The highest BCUT2D eigenvalue weighted by Crippen LogP contribution is 2.40. The summed E-state index contributed by atoms with van der Waals surface area (Å²) in [6.45, 7) is 9.98. The van der Waals surface area contributed by atoms with Gasteiger partial charge in [-0.05, 0) is 40.7 Å². The molecule has 2 aromatic heterocycles. The van der Waals surface area contributed by atoms with Gasteiger partial charge >= 0.3 is 0 Å². The zero-order valence-electron chi connectivity index (χ0n) is 16.6. The van der Waals surface area contributed by atoms with Crippen molar-refractivity contribution in [2.75, 3.05) is 6.61 Å². The number of rotatable bonds is 7. The van der Waals surface area contributed by atoms with Gasteiger partial charge in [-0.3, -0.25) is 0 Å². The molecule has 0 saturated carbocycles. The molecule has 150 valence electrons. The van der Waals surface area contributed by atoms with Crippen LogP contribution in [-0.4, -0.2) is 20.2 Å². The quantitative estimate of drug-likeness (QED) is 0.608. The molecule has 8 heteroatoms. The van der Waals surface area contributed by atoms with E-state index < -0.39 is 10.0 Å². The van der Waals surface area contributed by atoms with Crippen LogP contribution in [0.5, 0.6) is 5.75 Å². The lowest BCUT2D eigenvalue weighted by molar-refractivity contribution is 0.336. The summed E-state index contributed by atoms with van der Waals surface area (Å²) >= 11 is 1.44. The third kappa shape index (κ3) is 3.85. The molecule has 1 aromatic carbocycles. The molecule has 0 saturated heterocycles. The third-order valence-electron chi connectivity index (χ3n) is 4.58. The Labute approximate surface area is 169 Å². The molecule has 28 heavy (non-hydrogen) atoms.